The van der Waals surface area contributed by atoms with Crippen LogP contribution in [-0.2, 0) is 0 Å². The summed E-state index contributed by atoms with van der Waals surface area (Å²) in [5.41, 5.74) is 1.52. The minimum atomic E-state index is 0.618. The Kier molecular flexibility index (Phi) is 3.71. The molecule has 0 spiro atoms. The second-order valence-electron chi connectivity index (χ2n) is 2.84. The van der Waals surface area contributed by atoms with Crippen molar-refractivity contribution in [2.45, 2.75) is 25.7 Å². The van der Waals surface area contributed by atoms with E-state index < -0.39 is 0 Å². The number of hydrogen-bond acceptors (Lipinski definition) is 2. The van der Waals surface area contributed by atoms with Gasteiger partial charge < -0.3 is 5.32 Å². The lowest BCUT2D eigenvalue weighted by Gasteiger charge is -2.01. The predicted molar refractivity (Wildman–Crippen MR) is 45.0 cm³/mol. The molecule has 0 radical (unpaired) electrons. The Morgan fingerprint density at radius 1 is 1.64 bits per heavy atom. The van der Waals surface area contributed by atoms with Crippen LogP contribution in [0.2, 0.25) is 0 Å². The van der Waals surface area contributed by atoms with Crippen LogP contribution in [0.15, 0.2) is 11.6 Å². The van der Waals surface area contributed by atoms with Crippen molar-refractivity contribution in [1.29, 1.82) is 5.26 Å². The molecule has 11 heavy (non-hydrogen) atoms. The monoisotopic (exact) mass is 150 g/mol. The lowest BCUT2D eigenvalue weighted by molar-refractivity contribution is 0.726. The molecule has 0 aliphatic heterocycles. The molecule has 1 aliphatic rings. The van der Waals surface area contributed by atoms with Crippen LogP contribution in [0.1, 0.15) is 25.7 Å². The molecule has 0 bridgehead atoms. The van der Waals surface area contributed by atoms with E-state index >= 15 is 0 Å². The minimum absolute atomic E-state index is 0.618. The van der Waals surface area contributed by atoms with Gasteiger partial charge in [-0.05, 0) is 19.3 Å². The number of nitrogens with one attached hydrogen (secondary N) is 1. The largest absolute Gasteiger partial charge is 0.312 e. The highest BCUT2D eigenvalue weighted by atomic mass is 14.8. The molecule has 0 saturated carbocycles. The van der Waals surface area contributed by atoms with Crippen LogP contribution in [0.25, 0.3) is 0 Å². The van der Waals surface area contributed by atoms with Crippen molar-refractivity contribution < 1.29 is 0 Å². The summed E-state index contributed by atoms with van der Waals surface area (Å²) in [4.78, 5) is 0. The smallest absolute Gasteiger partial charge is 0.0635 e. The fourth-order valence-electron chi connectivity index (χ4n) is 1.29. The molecule has 0 unspecified atom stereocenters. The van der Waals surface area contributed by atoms with E-state index in [-0.39, 0.29) is 0 Å². The molecule has 0 aromatic heterocycles. The summed E-state index contributed by atoms with van der Waals surface area (Å²) >= 11 is 0. The van der Waals surface area contributed by atoms with Gasteiger partial charge in [0.1, 0.15) is 0 Å². The lowest BCUT2D eigenvalue weighted by atomic mass is 10.2. The van der Waals surface area contributed by atoms with Crippen molar-refractivity contribution in [3.8, 4) is 6.07 Å². The second kappa shape index (κ2) is 4.92. The molecule has 2 heteroatoms. The predicted octanol–water partition coefficient (Wildman–Crippen LogP) is 1.60. The van der Waals surface area contributed by atoms with Crippen LogP contribution in [0.4, 0.5) is 0 Å². The van der Waals surface area contributed by atoms with Gasteiger partial charge in [0.15, 0.2) is 0 Å². The zero-order valence-electron chi connectivity index (χ0n) is 6.77. The average Bonchev–Trinajstić information content (AvgIpc) is 2.50. The maximum atomic E-state index is 8.25. The van der Waals surface area contributed by atoms with E-state index in [4.69, 9.17) is 5.26 Å². The molecule has 1 aliphatic carbocycles. The minimum Gasteiger partial charge on any atom is -0.312 e. The van der Waals surface area contributed by atoms with Crippen LogP contribution in [0.3, 0.4) is 0 Å². The Hall–Kier alpha value is -0.810. The quantitative estimate of drug-likeness (QED) is 0.488. The number of rotatable bonds is 4. The average molecular weight is 150 g/mol. The molecule has 0 atom stereocenters. The SMILES string of the molecule is N#CCCNCC1=CCCC1. The highest BCUT2D eigenvalue weighted by Crippen LogP contribution is 2.15. The third-order valence-electron chi connectivity index (χ3n) is 1.90. The molecule has 0 saturated heterocycles. The van der Waals surface area contributed by atoms with Crippen LogP contribution in [-0.4, -0.2) is 13.1 Å². The van der Waals surface area contributed by atoms with Gasteiger partial charge in [-0.2, -0.15) is 5.26 Å². The summed E-state index contributed by atoms with van der Waals surface area (Å²) in [7, 11) is 0. The van der Waals surface area contributed by atoms with E-state index in [1.807, 2.05) is 0 Å². The number of nitrogens with zero attached hydrogens (tertiary/aromatic N) is 1. The molecule has 0 aromatic rings. The first-order valence-electron chi connectivity index (χ1n) is 4.19. The van der Waals surface area contributed by atoms with Gasteiger partial charge in [0.2, 0.25) is 0 Å². The molecule has 0 fully saturated rings. The lowest BCUT2D eigenvalue weighted by Crippen LogP contribution is -2.17. The standard InChI is InChI=1S/C9H14N2/c10-6-3-7-11-8-9-4-1-2-5-9/h4,11H,1-3,5,7-8H2. The Balaban J connectivity index is 1.99. The first-order valence-corrected chi connectivity index (χ1v) is 4.19. The van der Waals surface area contributed by atoms with Crippen LogP contribution >= 0.6 is 0 Å². The Bertz CT molecular complexity index is 176. The number of hydrogen-bond donors (Lipinski definition) is 1. The first-order chi connectivity index (χ1) is 5.43. The van der Waals surface area contributed by atoms with E-state index in [1.165, 1.54) is 24.8 Å². The summed E-state index contributed by atoms with van der Waals surface area (Å²) in [6, 6.07) is 2.11. The van der Waals surface area contributed by atoms with Crippen LogP contribution < -0.4 is 5.32 Å². The molecule has 60 valence electrons. The molecule has 1 rings (SSSR count). The topological polar surface area (TPSA) is 35.8 Å². The van der Waals surface area contributed by atoms with E-state index in [0.717, 1.165) is 13.1 Å². The van der Waals surface area contributed by atoms with E-state index in [0.29, 0.717) is 6.42 Å². The van der Waals surface area contributed by atoms with Crippen LogP contribution in [0, 0.1) is 11.3 Å². The van der Waals surface area contributed by atoms with E-state index in [1.54, 1.807) is 0 Å². The Labute approximate surface area is 67.9 Å². The first kappa shape index (κ1) is 8.29. The second-order valence-corrected chi connectivity index (χ2v) is 2.84. The van der Waals surface area contributed by atoms with Gasteiger partial charge in [-0.15, -0.1) is 0 Å². The summed E-state index contributed by atoms with van der Waals surface area (Å²) in [6.07, 6.45) is 6.73. The van der Waals surface area contributed by atoms with Crippen molar-refractivity contribution in [3.05, 3.63) is 11.6 Å². The van der Waals surface area contributed by atoms with Crippen LogP contribution in [0.5, 0.6) is 0 Å². The van der Waals surface area contributed by atoms with Gasteiger partial charge in [-0.25, -0.2) is 0 Å². The molecule has 2 nitrogen and oxygen atoms in total. The van der Waals surface area contributed by atoms with Crippen molar-refractivity contribution in [2.24, 2.45) is 0 Å². The van der Waals surface area contributed by atoms with Gasteiger partial charge in [-0.3, -0.25) is 0 Å². The highest BCUT2D eigenvalue weighted by Gasteiger charge is 2.02. The summed E-state index contributed by atoms with van der Waals surface area (Å²) < 4.78 is 0. The summed E-state index contributed by atoms with van der Waals surface area (Å²) in [6.45, 7) is 1.82. The van der Waals surface area contributed by atoms with Gasteiger partial charge in [-0.1, -0.05) is 11.6 Å². The number of allylic oxidation sites excluding steroid dienone is 1. The fraction of sp³-hybridized carbons (Fsp3) is 0.667. The van der Waals surface area contributed by atoms with Crippen molar-refractivity contribution in [2.75, 3.05) is 13.1 Å². The molecular formula is C9H14N2. The van der Waals surface area contributed by atoms with Gasteiger partial charge in [0, 0.05) is 19.5 Å². The van der Waals surface area contributed by atoms with E-state index in [2.05, 4.69) is 17.5 Å². The fourth-order valence-corrected chi connectivity index (χ4v) is 1.29. The Morgan fingerprint density at radius 3 is 3.18 bits per heavy atom. The zero-order valence-corrected chi connectivity index (χ0v) is 6.77. The molecule has 0 amide bonds. The van der Waals surface area contributed by atoms with Gasteiger partial charge in [0.25, 0.3) is 0 Å². The molecule has 0 aromatic carbocycles. The van der Waals surface area contributed by atoms with Crippen molar-refractivity contribution in [1.82, 2.24) is 5.32 Å². The maximum absolute atomic E-state index is 8.25. The van der Waals surface area contributed by atoms with E-state index in [9.17, 15) is 0 Å². The molecular weight excluding hydrogens is 136 g/mol. The van der Waals surface area contributed by atoms with Crippen molar-refractivity contribution >= 4 is 0 Å². The number of nitriles is 1. The zero-order chi connectivity index (χ0) is 7.94. The van der Waals surface area contributed by atoms with Gasteiger partial charge >= 0.3 is 0 Å². The third kappa shape index (κ3) is 3.20. The van der Waals surface area contributed by atoms with Crippen molar-refractivity contribution in [3.63, 3.8) is 0 Å². The normalized spacial score (nSPS) is 16.1. The van der Waals surface area contributed by atoms with Gasteiger partial charge in [0.05, 0.1) is 6.07 Å². The maximum Gasteiger partial charge on any atom is 0.0635 e. The molecule has 0 heterocycles. The Morgan fingerprint density at radius 2 is 2.55 bits per heavy atom. The third-order valence-corrected chi connectivity index (χ3v) is 1.90. The summed E-state index contributed by atoms with van der Waals surface area (Å²) in [5.74, 6) is 0. The summed E-state index contributed by atoms with van der Waals surface area (Å²) in [5, 5.41) is 11.5. The highest BCUT2D eigenvalue weighted by molar-refractivity contribution is 5.08. The molecule has 1 N–H and O–H groups in total.